The second-order valence-electron chi connectivity index (χ2n) is 7.42. The third kappa shape index (κ3) is 3.10. The normalized spacial score (nSPS) is 29.8. The number of nitrogens with one attached hydrogen (secondary N) is 1. The summed E-state index contributed by atoms with van der Waals surface area (Å²) in [7, 11) is 0. The molecule has 0 aromatic heterocycles. The Bertz CT molecular complexity index is 251. The molecule has 0 atom stereocenters. The maximum Gasteiger partial charge on any atom is 0.0139 e. The summed E-state index contributed by atoms with van der Waals surface area (Å²) in [6, 6.07) is 1.44. The van der Waals surface area contributed by atoms with Gasteiger partial charge in [-0.2, -0.15) is 0 Å². The van der Waals surface area contributed by atoms with Crippen LogP contribution in [0.4, 0.5) is 0 Å². The zero-order valence-electron chi connectivity index (χ0n) is 11.3. The van der Waals surface area contributed by atoms with Crippen LogP contribution in [0.3, 0.4) is 0 Å². The van der Waals surface area contributed by atoms with Crippen molar-refractivity contribution >= 4 is 0 Å². The smallest absolute Gasteiger partial charge is 0.0139 e. The van der Waals surface area contributed by atoms with Crippen LogP contribution in [0.1, 0.15) is 59.8 Å². The van der Waals surface area contributed by atoms with Crippen LogP contribution in [-0.2, 0) is 0 Å². The minimum absolute atomic E-state index is 0.505. The van der Waals surface area contributed by atoms with Gasteiger partial charge < -0.3 is 5.32 Å². The van der Waals surface area contributed by atoms with Crippen LogP contribution in [0.15, 0.2) is 12.2 Å². The van der Waals surface area contributed by atoms with Crippen molar-refractivity contribution in [2.45, 2.75) is 71.9 Å². The first-order valence-corrected chi connectivity index (χ1v) is 6.77. The Morgan fingerprint density at radius 2 is 1.38 bits per heavy atom. The van der Waals surface area contributed by atoms with Crippen molar-refractivity contribution in [3.05, 3.63) is 12.2 Å². The van der Waals surface area contributed by atoms with E-state index in [0.29, 0.717) is 10.8 Å². The van der Waals surface area contributed by atoms with Crippen molar-refractivity contribution in [3.63, 3.8) is 0 Å². The Morgan fingerprint density at radius 3 is 1.88 bits per heavy atom. The molecule has 0 heterocycles. The van der Waals surface area contributed by atoms with Gasteiger partial charge in [-0.05, 0) is 42.9 Å². The van der Waals surface area contributed by atoms with Gasteiger partial charge in [-0.15, -0.1) is 0 Å². The summed E-state index contributed by atoms with van der Waals surface area (Å²) in [4.78, 5) is 0. The Balaban J connectivity index is 1.93. The predicted molar refractivity (Wildman–Crippen MR) is 70.5 cm³/mol. The second-order valence-corrected chi connectivity index (χ2v) is 7.42. The molecule has 0 aromatic carbocycles. The Morgan fingerprint density at radius 1 is 0.875 bits per heavy atom. The largest absolute Gasteiger partial charge is 0.311 e. The van der Waals surface area contributed by atoms with Gasteiger partial charge in [-0.3, -0.25) is 0 Å². The zero-order valence-corrected chi connectivity index (χ0v) is 11.3. The Kier molecular flexibility index (Phi) is 3.18. The molecule has 0 radical (unpaired) electrons. The molecule has 2 rings (SSSR count). The SMILES string of the molecule is CC1(C)CC(NC2CC=CC2)CC(C)(C)C1. The standard InChI is InChI=1S/C15H27N/c1-14(2)9-13(10-15(3,4)11-14)16-12-7-5-6-8-12/h5-6,12-13,16H,7-11H2,1-4H3. The molecule has 1 nitrogen and oxygen atoms in total. The van der Waals surface area contributed by atoms with Crippen molar-refractivity contribution in [1.29, 1.82) is 0 Å². The fourth-order valence-corrected chi connectivity index (χ4v) is 4.05. The van der Waals surface area contributed by atoms with Gasteiger partial charge >= 0.3 is 0 Å². The molecule has 1 fully saturated rings. The van der Waals surface area contributed by atoms with E-state index in [4.69, 9.17) is 0 Å². The van der Waals surface area contributed by atoms with Crippen LogP contribution in [0.25, 0.3) is 0 Å². The maximum absolute atomic E-state index is 3.87. The predicted octanol–water partition coefficient (Wildman–Crippen LogP) is 3.90. The molecule has 16 heavy (non-hydrogen) atoms. The second kappa shape index (κ2) is 4.18. The van der Waals surface area contributed by atoms with E-state index in [1.165, 1.54) is 32.1 Å². The van der Waals surface area contributed by atoms with E-state index in [1.54, 1.807) is 0 Å². The molecule has 92 valence electrons. The van der Waals surface area contributed by atoms with Gasteiger partial charge in [0.1, 0.15) is 0 Å². The van der Waals surface area contributed by atoms with E-state index < -0.39 is 0 Å². The Hall–Kier alpha value is -0.300. The summed E-state index contributed by atoms with van der Waals surface area (Å²) in [5, 5.41) is 3.87. The first-order valence-electron chi connectivity index (χ1n) is 6.77. The molecule has 2 aliphatic rings. The molecule has 1 heteroatoms. The molecule has 0 saturated heterocycles. The summed E-state index contributed by atoms with van der Waals surface area (Å²) in [6.07, 6.45) is 11.1. The van der Waals surface area contributed by atoms with Gasteiger partial charge in [-0.1, -0.05) is 39.8 Å². The van der Waals surface area contributed by atoms with E-state index in [1.807, 2.05) is 0 Å². The lowest BCUT2D eigenvalue weighted by Crippen LogP contribution is -2.46. The molecular formula is C15H27N. The van der Waals surface area contributed by atoms with Gasteiger partial charge in [0.25, 0.3) is 0 Å². The van der Waals surface area contributed by atoms with Crippen LogP contribution in [0, 0.1) is 10.8 Å². The molecule has 2 aliphatic carbocycles. The van der Waals surface area contributed by atoms with E-state index in [0.717, 1.165) is 12.1 Å². The molecule has 1 N–H and O–H groups in total. The fourth-order valence-electron chi connectivity index (χ4n) is 4.05. The third-order valence-corrected chi connectivity index (χ3v) is 4.03. The van der Waals surface area contributed by atoms with Gasteiger partial charge in [0, 0.05) is 12.1 Å². The van der Waals surface area contributed by atoms with Gasteiger partial charge in [0.15, 0.2) is 0 Å². The van der Waals surface area contributed by atoms with Crippen molar-refractivity contribution in [3.8, 4) is 0 Å². The molecule has 0 aliphatic heterocycles. The fraction of sp³-hybridized carbons (Fsp3) is 0.867. The van der Waals surface area contributed by atoms with Crippen LogP contribution in [-0.4, -0.2) is 12.1 Å². The summed E-state index contributed by atoms with van der Waals surface area (Å²) in [6.45, 7) is 9.70. The lowest BCUT2D eigenvalue weighted by Gasteiger charge is -2.46. The van der Waals surface area contributed by atoms with Gasteiger partial charge in [0.2, 0.25) is 0 Å². The zero-order chi connectivity index (χ0) is 11.8. The average molecular weight is 221 g/mol. The van der Waals surface area contributed by atoms with Crippen LogP contribution < -0.4 is 5.32 Å². The van der Waals surface area contributed by atoms with Crippen molar-refractivity contribution in [1.82, 2.24) is 5.32 Å². The summed E-state index contributed by atoms with van der Waals surface area (Å²) < 4.78 is 0. The maximum atomic E-state index is 3.87. The van der Waals surface area contributed by atoms with Gasteiger partial charge in [-0.25, -0.2) is 0 Å². The molecular weight excluding hydrogens is 194 g/mol. The highest BCUT2D eigenvalue weighted by Crippen LogP contribution is 2.45. The third-order valence-electron chi connectivity index (χ3n) is 4.03. The Labute approximate surface area is 101 Å². The van der Waals surface area contributed by atoms with Crippen LogP contribution in [0.5, 0.6) is 0 Å². The highest BCUT2D eigenvalue weighted by atomic mass is 15.0. The van der Waals surface area contributed by atoms with E-state index >= 15 is 0 Å². The van der Waals surface area contributed by atoms with E-state index in [-0.39, 0.29) is 0 Å². The average Bonchev–Trinajstić information content (AvgIpc) is 2.49. The van der Waals surface area contributed by atoms with Gasteiger partial charge in [0.05, 0.1) is 0 Å². The first-order chi connectivity index (χ1) is 7.36. The lowest BCUT2D eigenvalue weighted by atomic mass is 9.63. The monoisotopic (exact) mass is 221 g/mol. The number of rotatable bonds is 2. The highest BCUT2D eigenvalue weighted by molar-refractivity contribution is 5.00. The molecule has 1 saturated carbocycles. The van der Waals surface area contributed by atoms with Crippen molar-refractivity contribution < 1.29 is 0 Å². The first kappa shape index (κ1) is 12.2. The molecule has 0 aromatic rings. The van der Waals surface area contributed by atoms with Crippen molar-refractivity contribution in [2.75, 3.05) is 0 Å². The molecule has 0 spiro atoms. The molecule has 0 bridgehead atoms. The molecule has 0 amide bonds. The number of hydrogen-bond acceptors (Lipinski definition) is 1. The molecule has 0 unspecified atom stereocenters. The summed E-state index contributed by atoms with van der Waals surface area (Å²) in [5.74, 6) is 0. The minimum atomic E-state index is 0.505. The van der Waals surface area contributed by atoms with Crippen molar-refractivity contribution in [2.24, 2.45) is 10.8 Å². The van der Waals surface area contributed by atoms with Crippen LogP contribution in [0.2, 0.25) is 0 Å². The highest BCUT2D eigenvalue weighted by Gasteiger charge is 2.38. The summed E-state index contributed by atoms with van der Waals surface area (Å²) >= 11 is 0. The summed E-state index contributed by atoms with van der Waals surface area (Å²) in [5.41, 5.74) is 1.01. The number of hydrogen-bond donors (Lipinski definition) is 1. The van der Waals surface area contributed by atoms with Crippen LogP contribution >= 0.6 is 0 Å². The topological polar surface area (TPSA) is 12.0 Å². The quantitative estimate of drug-likeness (QED) is 0.697. The van der Waals surface area contributed by atoms with E-state index in [2.05, 4.69) is 45.2 Å². The lowest BCUT2D eigenvalue weighted by molar-refractivity contribution is 0.0808. The minimum Gasteiger partial charge on any atom is -0.311 e. The van der Waals surface area contributed by atoms with E-state index in [9.17, 15) is 0 Å².